The molecule has 238 valence electrons. The Kier molecular flexibility index (Phi) is 5.26. The van der Waals surface area contributed by atoms with Crippen LogP contribution in [0.4, 0.5) is 34.1 Å². The van der Waals surface area contributed by atoms with Crippen LogP contribution in [0.3, 0.4) is 0 Å². The van der Waals surface area contributed by atoms with Crippen molar-refractivity contribution in [3.63, 3.8) is 0 Å². The molecule has 0 saturated carbocycles. The quantitative estimate of drug-likeness (QED) is 0.193. The number of hydrogen-bond acceptors (Lipinski definition) is 2. The predicted octanol–water partition coefficient (Wildman–Crippen LogP) is 6.76. The summed E-state index contributed by atoms with van der Waals surface area (Å²) in [6.45, 7) is 6.36. The van der Waals surface area contributed by atoms with E-state index in [0.717, 1.165) is 39.2 Å². The Labute approximate surface area is 303 Å². The van der Waals surface area contributed by atoms with Crippen molar-refractivity contribution in [2.75, 3.05) is 9.80 Å². The molecule has 0 aliphatic carbocycles. The van der Waals surface area contributed by atoms with Gasteiger partial charge in [0.25, 0.3) is 6.71 Å². The third-order valence-electron chi connectivity index (χ3n) is 11.0. The highest BCUT2D eigenvalue weighted by atomic mass is 28.3. The van der Waals surface area contributed by atoms with Crippen molar-refractivity contribution in [2.45, 2.75) is 26.2 Å². The van der Waals surface area contributed by atoms with Gasteiger partial charge in [0, 0.05) is 34.1 Å². The van der Waals surface area contributed by atoms with Gasteiger partial charge in [0.05, 0.1) is 6.85 Å². The molecule has 0 atom stereocenters. The van der Waals surface area contributed by atoms with Gasteiger partial charge in [0.1, 0.15) is 0 Å². The van der Waals surface area contributed by atoms with E-state index in [-0.39, 0.29) is 42.0 Å². The summed E-state index contributed by atoms with van der Waals surface area (Å²) in [4.78, 5) is 4.39. The fourth-order valence-electron chi connectivity index (χ4n) is 8.89. The Hall–Kier alpha value is -5.58. The van der Waals surface area contributed by atoms with E-state index in [1.54, 1.807) is 0 Å². The Balaban J connectivity index is 1.35. The lowest BCUT2D eigenvalue weighted by Crippen LogP contribution is -2.79. The molecule has 0 bridgehead atoms. The molecule has 50 heavy (non-hydrogen) atoms. The summed E-state index contributed by atoms with van der Waals surface area (Å²) in [6.07, 6.45) is 0. The number of benzene rings is 7. The highest BCUT2D eigenvalue weighted by molar-refractivity contribution is 7.22. The second-order valence-electron chi connectivity index (χ2n) is 14.6. The highest BCUT2D eigenvalue weighted by Gasteiger charge is 2.53. The minimum Gasteiger partial charge on any atom is -0.312 e. The zero-order valence-electron chi connectivity index (χ0n) is 33.3. The monoisotopic (exact) mass is 661 g/mol. The van der Waals surface area contributed by atoms with Crippen LogP contribution in [0, 0.1) is 0 Å². The van der Waals surface area contributed by atoms with Crippen molar-refractivity contribution in [1.29, 1.82) is 0 Å². The van der Waals surface area contributed by atoms with Crippen LogP contribution in [0.5, 0.6) is 0 Å². The van der Waals surface area contributed by atoms with Gasteiger partial charge in [0.15, 0.2) is 8.07 Å². The molecule has 0 unspecified atom stereocenters. The van der Waals surface area contributed by atoms with E-state index in [9.17, 15) is 2.74 Å². The van der Waals surface area contributed by atoms with Crippen LogP contribution >= 0.6 is 0 Å². The standard InChI is InChI=1S/C46H37BN2Si/c1-46(2,3)32-29-30-36-41(31-32)48(33-17-7-4-8-18-33)39-25-16-26-40-44(39)47(36)37-23-15-28-43-45(37)49(40)38-24-13-14-27-42(38)50(43,34-19-9-5-10-20-34)35-21-11-6-12-22-35/h4-31H,1-3H3/i4D,7D,8D,17D,18D. The van der Waals surface area contributed by atoms with Gasteiger partial charge in [-0.3, -0.25) is 0 Å². The maximum Gasteiger partial charge on any atom is 0.252 e. The Morgan fingerprint density at radius 2 is 1.14 bits per heavy atom. The number of rotatable bonds is 3. The van der Waals surface area contributed by atoms with Gasteiger partial charge in [-0.05, 0) is 84.5 Å². The van der Waals surface area contributed by atoms with Crippen LogP contribution in [-0.2, 0) is 5.41 Å². The average molecular weight is 662 g/mol. The molecule has 0 spiro atoms. The largest absolute Gasteiger partial charge is 0.312 e. The van der Waals surface area contributed by atoms with Crippen LogP contribution < -0.4 is 46.9 Å². The molecule has 0 amide bonds. The van der Waals surface area contributed by atoms with Gasteiger partial charge in [0.2, 0.25) is 0 Å². The highest BCUT2D eigenvalue weighted by Crippen LogP contribution is 2.45. The second-order valence-corrected chi connectivity index (χ2v) is 18.3. The number of nitrogens with zero attached hydrogens (tertiary/aromatic N) is 2. The number of para-hydroxylation sites is 3. The normalized spacial score (nSPS) is 16.1. The molecule has 0 radical (unpaired) electrons. The van der Waals surface area contributed by atoms with E-state index >= 15 is 0 Å². The topological polar surface area (TPSA) is 6.48 Å². The van der Waals surface area contributed by atoms with Crippen molar-refractivity contribution < 1.29 is 6.85 Å². The summed E-state index contributed by atoms with van der Waals surface area (Å²) in [6, 6.07) is 49.2. The minimum atomic E-state index is -2.88. The summed E-state index contributed by atoms with van der Waals surface area (Å²) in [7, 11) is -2.88. The van der Waals surface area contributed by atoms with Crippen molar-refractivity contribution in [3.05, 3.63) is 175 Å². The lowest BCUT2D eigenvalue weighted by molar-refractivity contribution is 0.590. The fraction of sp³-hybridized carbons (Fsp3) is 0.0870. The van der Waals surface area contributed by atoms with Gasteiger partial charge < -0.3 is 9.80 Å². The van der Waals surface area contributed by atoms with E-state index < -0.39 is 14.1 Å². The first-order chi connectivity index (χ1) is 26.5. The summed E-state index contributed by atoms with van der Waals surface area (Å²) in [5.74, 6) is 0. The predicted molar refractivity (Wildman–Crippen MR) is 216 cm³/mol. The molecule has 3 heterocycles. The van der Waals surface area contributed by atoms with Crippen molar-refractivity contribution >= 4 is 86.0 Å². The van der Waals surface area contributed by atoms with E-state index in [1.807, 2.05) is 4.90 Å². The number of fused-ring (bicyclic) bond motifs is 6. The second kappa shape index (κ2) is 10.7. The summed E-state index contributed by atoms with van der Waals surface area (Å²) >= 11 is 0. The fourth-order valence-corrected chi connectivity index (χ4v) is 14.0. The van der Waals surface area contributed by atoms with Gasteiger partial charge in [-0.1, -0.05) is 154 Å². The molecule has 0 N–H and O–H groups in total. The van der Waals surface area contributed by atoms with Crippen LogP contribution in [-0.4, -0.2) is 14.8 Å². The lowest BCUT2D eigenvalue weighted by atomic mass is 9.33. The first-order valence-corrected chi connectivity index (χ1v) is 19.3. The SMILES string of the molecule is [2H]c1c([2H])c([2H])c(N2c3cc(C(C)(C)C)ccc3B3c4cccc5c4N(c4ccccc4[Si]5(c4ccccc4)c4ccccc4)c4cccc2c43)c([2H])c1[2H]. The zero-order valence-corrected chi connectivity index (χ0v) is 29.3. The maximum absolute atomic E-state index is 9.21. The van der Waals surface area contributed by atoms with Gasteiger partial charge in [-0.15, -0.1) is 0 Å². The van der Waals surface area contributed by atoms with Gasteiger partial charge in [-0.2, -0.15) is 0 Å². The Bertz CT molecular complexity index is 2660. The third-order valence-corrected chi connectivity index (χ3v) is 15.8. The van der Waals surface area contributed by atoms with Gasteiger partial charge >= 0.3 is 0 Å². The van der Waals surface area contributed by atoms with Crippen molar-refractivity contribution in [3.8, 4) is 0 Å². The molecule has 10 rings (SSSR count). The number of hydrogen-bond donors (Lipinski definition) is 0. The maximum atomic E-state index is 9.21. The molecule has 0 saturated heterocycles. The molecule has 0 aromatic heterocycles. The van der Waals surface area contributed by atoms with E-state index in [2.05, 4.69) is 165 Å². The summed E-state index contributed by atoms with van der Waals surface area (Å²) in [5.41, 5.74) is 9.37. The molecule has 3 aliphatic rings. The van der Waals surface area contributed by atoms with Gasteiger partial charge in [-0.25, -0.2) is 0 Å². The molecule has 7 aromatic carbocycles. The Morgan fingerprint density at radius 3 is 1.84 bits per heavy atom. The summed E-state index contributed by atoms with van der Waals surface area (Å²) < 4.78 is 44.3. The van der Waals surface area contributed by atoms with Crippen LogP contribution in [0.1, 0.15) is 33.2 Å². The lowest BCUT2D eigenvalue weighted by Gasteiger charge is -2.50. The van der Waals surface area contributed by atoms with E-state index in [4.69, 9.17) is 4.11 Å². The minimum absolute atomic E-state index is 0.156. The van der Waals surface area contributed by atoms with Crippen molar-refractivity contribution in [2.24, 2.45) is 0 Å². The molecular formula is C46H37BN2Si. The van der Waals surface area contributed by atoms with Crippen LogP contribution in [0.25, 0.3) is 0 Å². The third kappa shape index (κ3) is 3.91. The smallest absolute Gasteiger partial charge is 0.252 e. The summed E-state index contributed by atoms with van der Waals surface area (Å²) in [5, 5.41) is 5.29. The molecule has 3 aliphatic heterocycles. The first kappa shape index (κ1) is 24.5. The molecule has 7 aromatic rings. The van der Waals surface area contributed by atoms with E-state index in [0.29, 0.717) is 0 Å². The van der Waals surface area contributed by atoms with Crippen molar-refractivity contribution in [1.82, 2.24) is 0 Å². The van der Waals surface area contributed by atoms with Crippen LogP contribution in [0.2, 0.25) is 0 Å². The molecule has 0 fully saturated rings. The molecular weight excluding hydrogens is 619 g/mol. The number of anilines is 6. The molecule has 2 nitrogen and oxygen atoms in total. The van der Waals surface area contributed by atoms with E-state index in [1.165, 1.54) is 31.9 Å². The van der Waals surface area contributed by atoms with Crippen LogP contribution in [0.15, 0.2) is 170 Å². The Morgan fingerprint density at radius 1 is 0.540 bits per heavy atom. The molecule has 4 heteroatoms. The first-order valence-electron chi connectivity index (χ1n) is 19.8. The zero-order chi connectivity index (χ0) is 38.0. The average Bonchev–Trinajstić information content (AvgIpc) is 3.21.